The molecule has 0 unspecified atom stereocenters. The van der Waals surface area contributed by atoms with Crippen LogP contribution in [0.15, 0.2) is 66.7 Å². The van der Waals surface area contributed by atoms with E-state index in [4.69, 9.17) is 11.6 Å². The van der Waals surface area contributed by atoms with E-state index in [1.54, 1.807) is 30.3 Å². The summed E-state index contributed by atoms with van der Waals surface area (Å²) < 4.78 is 0. The number of nitrogens with one attached hydrogen (secondary N) is 1. The van der Waals surface area contributed by atoms with Crippen LogP contribution in [0.1, 0.15) is 37.4 Å². The van der Waals surface area contributed by atoms with Crippen molar-refractivity contribution < 1.29 is 9.59 Å². The molecule has 3 aromatic carbocycles. The summed E-state index contributed by atoms with van der Waals surface area (Å²) in [5.74, 6) is -0.308. The number of halogens is 1. The van der Waals surface area contributed by atoms with E-state index in [9.17, 15) is 9.59 Å². The Morgan fingerprint density at radius 1 is 0.769 bits per heavy atom. The molecule has 128 valence electrons. The first-order valence-corrected chi connectivity index (χ1v) is 8.83. The lowest BCUT2D eigenvalue weighted by atomic mass is 9.83. The number of rotatable bonds is 4. The normalized spacial score (nSPS) is 12.5. The van der Waals surface area contributed by atoms with Crippen molar-refractivity contribution in [3.8, 4) is 0 Å². The summed E-state index contributed by atoms with van der Waals surface area (Å²) in [6.07, 6.45) is 0.832. The fraction of sp³-hybridized carbons (Fsp3) is 0.0909. The van der Waals surface area contributed by atoms with Crippen LogP contribution in [-0.4, -0.2) is 18.1 Å². The molecule has 0 atom stereocenters. The zero-order valence-corrected chi connectivity index (χ0v) is 14.7. The summed E-state index contributed by atoms with van der Waals surface area (Å²) in [4.78, 5) is 25.8. The number of carbonyl (C=O) groups excluding carboxylic acids is 2. The second-order valence-corrected chi connectivity index (χ2v) is 6.68. The van der Waals surface area contributed by atoms with Crippen LogP contribution in [0.25, 0.3) is 0 Å². The van der Waals surface area contributed by atoms with Gasteiger partial charge in [0.25, 0.3) is 0 Å². The Morgan fingerprint density at radius 3 is 2.38 bits per heavy atom. The zero-order valence-electron chi connectivity index (χ0n) is 14.0. The second-order valence-electron chi connectivity index (χ2n) is 6.24. The molecule has 1 aliphatic rings. The molecule has 0 aromatic heterocycles. The van der Waals surface area contributed by atoms with Gasteiger partial charge in [-0.05, 0) is 36.2 Å². The van der Waals surface area contributed by atoms with Crippen molar-refractivity contribution in [2.75, 3.05) is 11.9 Å². The molecule has 0 heterocycles. The quantitative estimate of drug-likeness (QED) is 0.569. The Bertz CT molecular complexity index is 1010. The van der Waals surface area contributed by atoms with Gasteiger partial charge in [0.1, 0.15) is 0 Å². The van der Waals surface area contributed by atoms with E-state index in [0.29, 0.717) is 39.5 Å². The minimum absolute atomic E-state index is 0.144. The monoisotopic (exact) mass is 361 g/mol. The maximum absolute atomic E-state index is 13.0. The van der Waals surface area contributed by atoms with Gasteiger partial charge in [0.05, 0.1) is 5.56 Å². The van der Waals surface area contributed by atoms with Crippen molar-refractivity contribution in [1.29, 1.82) is 0 Å². The summed E-state index contributed by atoms with van der Waals surface area (Å²) in [5.41, 5.74) is 3.56. The first-order chi connectivity index (χ1) is 12.6. The number of hydrogen-bond donors (Lipinski definition) is 1. The highest BCUT2D eigenvalue weighted by Crippen LogP contribution is 2.33. The van der Waals surface area contributed by atoms with Gasteiger partial charge in [-0.3, -0.25) is 9.59 Å². The number of hydrogen-bond acceptors (Lipinski definition) is 3. The molecule has 0 radical (unpaired) electrons. The van der Waals surface area contributed by atoms with Gasteiger partial charge in [0.2, 0.25) is 0 Å². The van der Waals surface area contributed by atoms with Crippen LogP contribution < -0.4 is 5.32 Å². The Balaban J connectivity index is 1.64. The summed E-state index contributed by atoms with van der Waals surface area (Å²) in [6.45, 7) is 0.676. The molecule has 0 fully saturated rings. The number of ketones is 2. The van der Waals surface area contributed by atoms with Gasteiger partial charge in [-0.25, -0.2) is 0 Å². The molecular weight excluding hydrogens is 346 g/mol. The zero-order chi connectivity index (χ0) is 18.1. The van der Waals surface area contributed by atoms with E-state index in [0.717, 1.165) is 6.42 Å². The minimum atomic E-state index is -0.163. The van der Waals surface area contributed by atoms with Crippen molar-refractivity contribution in [2.45, 2.75) is 6.42 Å². The Hall–Kier alpha value is -2.91. The SMILES string of the molecule is O=C1c2cc(Cl)ccc2C(=O)c2c(NCCc3ccccc3)cccc21. The average Bonchev–Trinajstić information content (AvgIpc) is 2.67. The maximum atomic E-state index is 13.0. The van der Waals surface area contributed by atoms with Crippen LogP contribution in [0.5, 0.6) is 0 Å². The highest BCUT2D eigenvalue weighted by Gasteiger charge is 2.31. The third-order valence-corrected chi connectivity index (χ3v) is 4.81. The highest BCUT2D eigenvalue weighted by molar-refractivity contribution is 6.34. The van der Waals surface area contributed by atoms with Crippen LogP contribution in [-0.2, 0) is 6.42 Å². The smallest absolute Gasteiger partial charge is 0.196 e. The molecule has 0 amide bonds. The molecule has 26 heavy (non-hydrogen) atoms. The van der Waals surface area contributed by atoms with Crippen LogP contribution in [0.2, 0.25) is 5.02 Å². The van der Waals surface area contributed by atoms with Crippen molar-refractivity contribution in [2.24, 2.45) is 0 Å². The molecule has 3 nitrogen and oxygen atoms in total. The van der Waals surface area contributed by atoms with Crippen molar-refractivity contribution in [3.63, 3.8) is 0 Å². The first-order valence-electron chi connectivity index (χ1n) is 8.45. The first kappa shape index (κ1) is 16.6. The molecule has 4 rings (SSSR count). The minimum Gasteiger partial charge on any atom is -0.384 e. The molecule has 1 aliphatic carbocycles. The Labute approximate surface area is 156 Å². The van der Waals surface area contributed by atoms with E-state index in [1.807, 2.05) is 24.3 Å². The lowest BCUT2D eigenvalue weighted by Crippen LogP contribution is -2.23. The van der Waals surface area contributed by atoms with Crippen molar-refractivity contribution in [1.82, 2.24) is 0 Å². The third-order valence-electron chi connectivity index (χ3n) is 4.58. The number of anilines is 1. The fourth-order valence-electron chi connectivity index (χ4n) is 3.30. The van der Waals surface area contributed by atoms with E-state index in [1.165, 1.54) is 5.56 Å². The van der Waals surface area contributed by atoms with Crippen LogP contribution in [0.3, 0.4) is 0 Å². The summed E-state index contributed by atoms with van der Waals surface area (Å²) in [7, 11) is 0. The van der Waals surface area contributed by atoms with Crippen molar-refractivity contribution in [3.05, 3.63) is 99.6 Å². The largest absolute Gasteiger partial charge is 0.384 e. The molecule has 0 saturated heterocycles. The molecular formula is C22H16ClNO2. The lowest BCUT2D eigenvalue weighted by Gasteiger charge is -2.21. The van der Waals surface area contributed by atoms with E-state index in [2.05, 4.69) is 17.4 Å². The van der Waals surface area contributed by atoms with E-state index >= 15 is 0 Å². The molecule has 4 heteroatoms. The summed E-state index contributed by atoms with van der Waals surface area (Å²) in [5, 5.41) is 3.76. The number of carbonyl (C=O) groups is 2. The Morgan fingerprint density at radius 2 is 1.58 bits per heavy atom. The van der Waals surface area contributed by atoms with Crippen LogP contribution >= 0.6 is 11.6 Å². The third kappa shape index (κ3) is 2.91. The summed E-state index contributed by atoms with van der Waals surface area (Å²) in [6, 6.07) is 20.3. The van der Waals surface area contributed by atoms with Gasteiger partial charge >= 0.3 is 0 Å². The van der Waals surface area contributed by atoms with E-state index in [-0.39, 0.29) is 11.6 Å². The standard InChI is InChI=1S/C22H16ClNO2/c23-15-9-10-16-18(13-15)21(25)17-7-4-8-19(20(17)22(16)26)24-12-11-14-5-2-1-3-6-14/h1-10,13,24H,11-12H2. The molecule has 0 spiro atoms. The highest BCUT2D eigenvalue weighted by atomic mass is 35.5. The second kappa shape index (κ2) is 6.77. The maximum Gasteiger partial charge on any atom is 0.196 e. The number of benzene rings is 3. The number of fused-ring (bicyclic) bond motifs is 2. The fourth-order valence-corrected chi connectivity index (χ4v) is 3.47. The topological polar surface area (TPSA) is 46.2 Å². The van der Waals surface area contributed by atoms with Gasteiger partial charge in [0, 0.05) is 33.9 Å². The van der Waals surface area contributed by atoms with Gasteiger partial charge < -0.3 is 5.32 Å². The molecule has 3 aromatic rings. The molecule has 0 saturated carbocycles. The van der Waals surface area contributed by atoms with E-state index < -0.39 is 0 Å². The molecule has 0 bridgehead atoms. The Kier molecular flexibility index (Phi) is 4.31. The van der Waals surface area contributed by atoms with Crippen LogP contribution in [0, 0.1) is 0 Å². The van der Waals surface area contributed by atoms with Crippen molar-refractivity contribution >= 4 is 28.9 Å². The average molecular weight is 362 g/mol. The van der Waals surface area contributed by atoms with Gasteiger partial charge in [-0.1, -0.05) is 54.1 Å². The summed E-state index contributed by atoms with van der Waals surface area (Å²) >= 11 is 6.00. The van der Waals surface area contributed by atoms with Gasteiger partial charge in [-0.2, -0.15) is 0 Å². The van der Waals surface area contributed by atoms with Gasteiger partial charge in [0.15, 0.2) is 11.6 Å². The van der Waals surface area contributed by atoms with Crippen LogP contribution in [0.4, 0.5) is 5.69 Å². The lowest BCUT2D eigenvalue weighted by molar-refractivity contribution is 0.0979. The predicted molar refractivity (Wildman–Crippen MR) is 103 cm³/mol. The predicted octanol–water partition coefficient (Wildman–Crippen LogP) is 4.77. The molecule has 0 aliphatic heterocycles. The van der Waals surface area contributed by atoms with Gasteiger partial charge in [-0.15, -0.1) is 0 Å². The molecule has 1 N–H and O–H groups in total.